The number of hydrogen-bond acceptors (Lipinski definition) is 4. The van der Waals surface area contributed by atoms with Crippen molar-refractivity contribution in [3.63, 3.8) is 0 Å². The minimum Gasteiger partial charge on any atom is -0.444 e. The minimum absolute atomic E-state index is 0.457. The van der Waals surface area contributed by atoms with Crippen molar-refractivity contribution >= 4 is 11.9 Å². The number of aromatic nitrogens is 2. The molecule has 0 fully saturated rings. The van der Waals surface area contributed by atoms with Crippen LogP contribution in [-0.2, 0) is 18.3 Å². The fraction of sp³-hybridized carbons (Fsp3) is 0.765. The molecule has 6 nitrogen and oxygen atoms in total. The Morgan fingerprint density at radius 2 is 1.96 bits per heavy atom. The maximum absolute atomic E-state index is 11.9. The summed E-state index contributed by atoms with van der Waals surface area (Å²) in [6.07, 6.45) is 7.64. The molecule has 0 atom stereocenters. The van der Waals surface area contributed by atoms with Crippen molar-refractivity contribution in [3.05, 3.63) is 11.8 Å². The van der Waals surface area contributed by atoms with Crippen LogP contribution in [0.15, 0.2) is 6.20 Å². The summed E-state index contributed by atoms with van der Waals surface area (Å²) in [5.41, 5.74) is 0.450. The van der Waals surface area contributed by atoms with Gasteiger partial charge in [-0.05, 0) is 33.7 Å². The number of amides is 1. The fourth-order valence-corrected chi connectivity index (χ4v) is 2.25. The van der Waals surface area contributed by atoms with Crippen LogP contribution in [0.4, 0.5) is 10.6 Å². The number of carbonyl (C=O) groups excluding carboxylic acids is 1. The number of nitrogens with one attached hydrogen (secondary N) is 2. The lowest BCUT2D eigenvalue weighted by atomic mass is 10.1. The first-order valence-corrected chi connectivity index (χ1v) is 8.55. The number of carbonyl (C=O) groups is 1. The van der Waals surface area contributed by atoms with Crippen LogP contribution in [0.25, 0.3) is 0 Å². The third kappa shape index (κ3) is 8.02. The van der Waals surface area contributed by atoms with Crippen LogP contribution < -0.4 is 10.6 Å². The normalized spacial score (nSPS) is 11.5. The third-order valence-electron chi connectivity index (χ3n) is 3.41. The number of nitrogens with zero attached hydrogens (tertiary/aromatic N) is 2. The SMILES string of the molecule is CCCCCCCNCc1cnn(C)c1NC(=O)OC(C)(C)C. The smallest absolute Gasteiger partial charge is 0.413 e. The largest absolute Gasteiger partial charge is 0.444 e. The van der Waals surface area contributed by atoms with Crippen molar-refractivity contribution < 1.29 is 9.53 Å². The van der Waals surface area contributed by atoms with E-state index in [2.05, 4.69) is 22.7 Å². The maximum atomic E-state index is 11.9. The quantitative estimate of drug-likeness (QED) is 0.677. The molecule has 132 valence electrons. The Hall–Kier alpha value is -1.56. The summed E-state index contributed by atoms with van der Waals surface area (Å²) in [6, 6.07) is 0. The number of hydrogen-bond donors (Lipinski definition) is 2. The van der Waals surface area contributed by atoms with Crippen LogP contribution >= 0.6 is 0 Å². The second-order valence-electron chi connectivity index (χ2n) is 6.86. The molecule has 0 unspecified atom stereocenters. The second kappa shape index (κ2) is 9.55. The lowest BCUT2D eigenvalue weighted by Crippen LogP contribution is -2.28. The molecule has 0 saturated heterocycles. The van der Waals surface area contributed by atoms with E-state index < -0.39 is 11.7 Å². The van der Waals surface area contributed by atoms with E-state index in [1.807, 2.05) is 20.8 Å². The van der Waals surface area contributed by atoms with Gasteiger partial charge in [0.05, 0.1) is 6.20 Å². The zero-order chi connectivity index (χ0) is 17.3. The average Bonchev–Trinajstić information content (AvgIpc) is 2.77. The molecule has 0 bridgehead atoms. The Morgan fingerprint density at radius 3 is 2.61 bits per heavy atom. The summed E-state index contributed by atoms with van der Waals surface area (Å²) in [4.78, 5) is 11.9. The predicted octanol–water partition coefficient (Wildman–Crippen LogP) is 3.83. The van der Waals surface area contributed by atoms with Crippen molar-refractivity contribution in [1.82, 2.24) is 15.1 Å². The molecule has 0 aliphatic carbocycles. The summed E-state index contributed by atoms with van der Waals surface area (Å²) < 4.78 is 6.94. The van der Waals surface area contributed by atoms with E-state index in [0.29, 0.717) is 12.4 Å². The van der Waals surface area contributed by atoms with Gasteiger partial charge in [-0.1, -0.05) is 32.6 Å². The van der Waals surface area contributed by atoms with Gasteiger partial charge in [-0.2, -0.15) is 5.10 Å². The molecule has 0 aliphatic heterocycles. The molecule has 0 saturated carbocycles. The summed E-state index contributed by atoms with van der Waals surface area (Å²) in [5.74, 6) is 0.678. The molecular weight excluding hydrogens is 292 g/mol. The first kappa shape index (κ1) is 19.5. The highest BCUT2D eigenvalue weighted by molar-refractivity contribution is 5.84. The highest BCUT2D eigenvalue weighted by Crippen LogP contribution is 2.16. The van der Waals surface area contributed by atoms with Crippen LogP contribution in [0.1, 0.15) is 65.4 Å². The zero-order valence-corrected chi connectivity index (χ0v) is 15.2. The van der Waals surface area contributed by atoms with Crippen molar-refractivity contribution in [2.75, 3.05) is 11.9 Å². The van der Waals surface area contributed by atoms with Crippen molar-refractivity contribution in [2.45, 2.75) is 71.9 Å². The molecule has 23 heavy (non-hydrogen) atoms. The molecule has 0 radical (unpaired) electrons. The van der Waals surface area contributed by atoms with Gasteiger partial charge in [0, 0.05) is 19.2 Å². The molecular formula is C17H32N4O2. The highest BCUT2D eigenvalue weighted by Gasteiger charge is 2.18. The van der Waals surface area contributed by atoms with Gasteiger partial charge in [-0.15, -0.1) is 0 Å². The number of anilines is 1. The van der Waals surface area contributed by atoms with Gasteiger partial charge in [0.15, 0.2) is 0 Å². The van der Waals surface area contributed by atoms with Gasteiger partial charge in [-0.25, -0.2) is 4.79 Å². The summed E-state index contributed by atoms with van der Waals surface area (Å²) in [6.45, 7) is 9.42. The van der Waals surface area contributed by atoms with Gasteiger partial charge in [0.25, 0.3) is 0 Å². The van der Waals surface area contributed by atoms with Crippen LogP contribution in [0.2, 0.25) is 0 Å². The Labute approximate surface area is 140 Å². The summed E-state index contributed by atoms with van der Waals surface area (Å²) >= 11 is 0. The average molecular weight is 324 g/mol. The van der Waals surface area contributed by atoms with Gasteiger partial charge >= 0.3 is 6.09 Å². The van der Waals surface area contributed by atoms with Crippen molar-refractivity contribution in [1.29, 1.82) is 0 Å². The standard InChI is InChI=1S/C17H32N4O2/c1-6-7-8-9-10-11-18-12-14-13-19-21(5)15(14)20-16(22)23-17(2,3)4/h13,18H,6-12H2,1-5H3,(H,20,22). The molecule has 0 aromatic carbocycles. The van der Waals surface area contributed by atoms with Gasteiger partial charge in [0.1, 0.15) is 11.4 Å². The summed E-state index contributed by atoms with van der Waals surface area (Å²) in [5, 5.41) is 10.4. The van der Waals surface area contributed by atoms with Crippen LogP contribution in [0, 0.1) is 0 Å². The Morgan fingerprint density at radius 1 is 1.26 bits per heavy atom. The van der Waals surface area contributed by atoms with Crippen molar-refractivity contribution in [3.8, 4) is 0 Å². The number of aryl methyl sites for hydroxylation is 1. The molecule has 0 aliphatic rings. The Balaban J connectivity index is 2.41. The lowest BCUT2D eigenvalue weighted by molar-refractivity contribution is 0.0634. The van der Waals surface area contributed by atoms with E-state index in [0.717, 1.165) is 12.1 Å². The number of unbranched alkanes of at least 4 members (excludes halogenated alkanes) is 4. The van der Waals surface area contributed by atoms with Gasteiger partial charge < -0.3 is 10.1 Å². The first-order valence-electron chi connectivity index (χ1n) is 8.55. The number of rotatable bonds is 9. The molecule has 1 aromatic heterocycles. The molecule has 0 spiro atoms. The van der Waals surface area contributed by atoms with E-state index in [4.69, 9.17) is 4.74 Å². The van der Waals surface area contributed by atoms with Crippen LogP contribution in [0.3, 0.4) is 0 Å². The van der Waals surface area contributed by atoms with Gasteiger partial charge in [-0.3, -0.25) is 10.00 Å². The Kier molecular flexibility index (Phi) is 8.09. The van der Waals surface area contributed by atoms with E-state index in [9.17, 15) is 4.79 Å². The predicted molar refractivity (Wildman–Crippen MR) is 93.5 cm³/mol. The monoisotopic (exact) mass is 324 g/mol. The molecule has 2 N–H and O–H groups in total. The van der Waals surface area contributed by atoms with Crippen LogP contribution in [0.5, 0.6) is 0 Å². The molecule has 1 aromatic rings. The topological polar surface area (TPSA) is 68.2 Å². The van der Waals surface area contributed by atoms with Gasteiger partial charge in [0.2, 0.25) is 0 Å². The molecule has 6 heteroatoms. The zero-order valence-electron chi connectivity index (χ0n) is 15.2. The van der Waals surface area contributed by atoms with Crippen LogP contribution in [-0.4, -0.2) is 28.0 Å². The maximum Gasteiger partial charge on any atom is 0.413 e. The fourth-order valence-electron chi connectivity index (χ4n) is 2.25. The van der Waals surface area contributed by atoms with E-state index >= 15 is 0 Å². The molecule has 1 rings (SSSR count). The highest BCUT2D eigenvalue weighted by atomic mass is 16.6. The Bertz CT molecular complexity index is 477. The van der Waals surface area contributed by atoms with Crippen molar-refractivity contribution in [2.24, 2.45) is 7.05 Å². The summed E-state index contributed by atoms with van der Waals surface area (Å²) in [7, 11) is 1.81. The second-order valence-corrected chi connectivity index (χ2v) is 6.86. The lowest BCUT2D eigenvalue weighted by Gasteiger charge is -2.20. The molecule has 1 amide bonds. The van der Waals surface area contributed by atoms with E-state index in [-0.39, 0.29) is 0 Å². The third-order valence-corrected chi connectivity index (χ3v) is 3.41. The number of ether oxygens (including phenoxy) is 1. The minimum atomic E-state index is -0.514. The van der Waals surface area contributed by atoms with E-state index in [1.165, 1.54) is 32.1 Å². The first-order chi connectivity index (χ1) is 10.8. The van der Waals surface area contributed by atoms with E-state index in [1.54, 1.807) is 17.9 Å². The molecule has 1 heterocycles.